The topological polar surface area (TPSA) is 12.0 Å². The summed E-state index contributed by atoms with van der Waals surface area (Å²) in [5.41, 5.74) is 0. The maximum atomic E-state index is 3.80. The van der Waals surface area contributed by atoms with Crippen LogP contribution in [-0.2, 0) is 0 Å². The zero-order valence-electron chi connectivity index (χ0n) is 10.3. The van der Waals surface area contributed by atoms with E-state index in [4.69, 9.17) is 0 Å². The van der Waals surface area contributed by atoms with E-state index < -0.39 is 0 Å². The monoisotopic (exact) mass is 209 g/mol. The summed E-state index contributed by atoms with van der Waals surface area (Å²) in [6.45, 7) is 7.16. The van der Waals surface area contributed by atoms with Gasteiger partial charge in [0.05, 0.1) is 0 Å². The minimum Gasteiger partial charge on any atom is -0.314 e. The highest BCUT2D eigenvalue weighted by Crippen LogP contribution is 2.27. The Morgan fingerprint density at radius 1 is 1.27 bits per heavy atom. The molecule has 0 heterocycles. The smallest absolute Gasteiger partial charge is 0.00952 e. The van der Waals surface area contributed by atoms with E-state index >= 15 is 0 Å². The Hall–Kier alpha value is -0.300. The van der Waals surface area contributed by atoms with Gasteiger partial charge in [-0.25, -0.2) is 0 Å². The lowest BCUT2D eigenvalue weighted by Crippen LogP contribution is -2.35. The van der Waals surface area contributed by atoms with E-state index in [1.165, 1.54) is 51.4 Å². The molecule has 2 atom stereocenters. The molecular weight excluding hydrogens is 182 g/mol. The molecule has 1 nitrogen and oxygen atoms in total. The van der Waals surface area contributed by atoms with E-state index in [-0.39, 0.29) is 0 Å². The van der Waals surface area contributed by atoms with Crippen molar-refractivity contribution in [2.75, 3.05) is 6.54 Å². The van der Waals surface area contributed by atoms with E-state index in [1.807, 2.05) is 0 Å². The van der Waals surface area contributed by atoms with E-state index in [0.29, 0.717) is 0 Å². The van der Waals surface area contributed by atoms with Gasteiger partial charge in [0, 0.05) is 6.04 Å². The standard InChI is InChI=1S/C14H27N/c1-3-5-7-10-13-11-8-6-9-12-14(13)15-4-2/h3,13-15H,1,4-12H2,2H3. The van der Waals surface area contributed by atoms with Crippen LogP contribution in [0.25, 0.3) is 0 Å². The lowest BCUT2D eigenvalue weighted by molar-refractivity contribution is 0.316. The van der Waals surface area contributed by atoms with Crippen molar-refractivity contribution >= 4 is 0 Å². The third-order valence-corrected chi connectivity index (χ3v) is 3.61. The molecule has 0 saturated heterocycles. The zero-order valence-corrected chi connectivity index (χ0v) is 10.3. The molecule has 88 valence electrons. The van der Waals surface area contributed by atoms with Gasteiger partial charge in [-0.15, -0.1) is 6.58 Å². The van der Waals surface area contributed by atoms with Crippen molar-refractivity contribution in [1.29, 1.82) is 0 Å². The van der Waals surface area contributed by atoms with Gasteiger partial charge in [0.15, 0.2) is 0 Å². The first-order chi connectivity index (χ1) is 7.38. The van der Waals surface area contributed by atoms with Gasteiger partial charge in [-0.2, -0.15) is 0 Å². The summed E-state index contributed by atoms with van der Waals surface area (Å²) in [5, 5.41) is 3.68. The van der Waals surface area contributed by atoms with Crippen molar-refractivity contribution in [3.05, 3.63) is 12.7 Å². The summed E-state index contributed by atoms with van der Waals surface area (Å²) < 4.78 is 0. The minimum absolute atomic E-state index is 0.794. The largest absolute Gasteiger partial charge is 0.314 e. The first-order valence-corrected chi connectivity index (χ1v) is 6.72. The van der Waals surface area contributed by atoms with Crippen LogP contribution in [0.2, 0.25) is 0 Å². The Morgan fingerprint density at radius 2 is 2.07 bits per heavy atom. The predicted molar refractivity (Wildman–Crippen MR) is 68.1 cm³/mol. The summed E-state index contributed by atoms with van der Waals surface area (Å²) in [7, 11) is 0. The van der Waals surface area contributed by atoms with Crippen LogP contribution in [0, 0.1) is 5.92 Å². The van der Waals surface area contributed by atoms with Gasteiger partial charge in [-0.05, 0) is 44.6 Å². The van der Waals surface area contributed by atoms with Crippen molar-refractivity contribution in [1.82, 2.24) is 5.32 Å². The molecule has 0 spiro atoms. The Bertz CT molecular complexity index is 165. The quantitative estimate of drug-likeness (QED) is 0.397. The van der Waals surface area contributed by atoms with Crippen LogP contribution >= 0.6 is 0 Å². The lowest BCUT2D eigenvalue weighted by Gasteiger charge is -2.25. The van der Waals surface area contributed by atoms with Gasteiger partial charge >= 0.3 is 0 Å². The van der Waals surface area contributed by atoms with Gasteiger partial charge in [0.2, 0.25) is 0 Å². The zero-order chi connectivity index (χ0) is 10.9. The fraction of sp³-hybridized carbons (Fsp3) is 0.857. The predicted octanol–water partition coefficient (Wildman–Crippen LogP) is 3.90. The van der Waals surface area contributed by atoms with Crippen molar-refractivity contribution in [2.24, 2.45) is 5.92 Å². The van der Waals surface area contributed by atoms with Crippen LogP contribution in [0.4, 0.5) is 0 Å². The van der Waals surface area contributed by atoms with Crippen LogP contribution < -0.4 is 5.32 Å². The molecule has 15 heavy (non-hydrogen) atoms. The number of unbranched alkanes of at least 4 members (excludes halogenated alkanes) is 1. The van der Waals surface area contributed by atoms with E-state index in [1.54, 1.807) is 0 Å². The van der Waals surface area contributed by atoms with E-state index in [0.717, 1.165) is 18.5 Å². The molecule has 1 rings (SSSR count). The molecule has 0 bridgehead atoms. The van der Waals surface area contributed by atoms with Crippen molar-refractivity contribution in [2.45, 2.75) is 64.3 Å². The van der Waals surface area contributed by atoms with Crippen LogP contribution in [0.5, 0.6) is 0 Å². The van der Waals surface area contributed by atoms with E-state index in [2.05, 4.69) is 24.9 Å². The second kappa shape index (κ2) is 7.92. The molecule has 0 amide bonds. The highest BCUT2D eigenvalue weighted by molar-refractivity contribution is 4.80. The Kier molecular flexibility index (Phi) is 6.74. The van der Waals surface area contributed by atoms with Crippen molar-refractivity contribution in [3.63, 3.8) is 0 Å². The molecule has 1 heteroatoms. The number of hydrogen-bond donors (Lipinski definition) is 1. The fourth-order valence-corrected chi connectivity index (χ4v) is 2.79. The van der Waals surface area contributed by atoms with E-state index in [9.17, 15) is 0 Å². The maximum absolute atomic E-state index is 3.80. The van der Waals surface area contributed by atoms with Crippen LogP contribution in [-0.4, -0.2) is 12.6 Å². The second-order valence-electron chi connectivity index (χ2n) is 4.78. The molecule has 1 saturated carbocycles. The molecule has 0 aliphatic heterocycles. The molecule has 0 radical (unpaired) electrons. The Morgan fingerprint density at radius 3 is 2.80 bits per heavy atom. The van der Waals surface area contributed by atoms with Gasteiger partial charge in [0.1, 0.15) is 0 Å². The highest BCUT2D eigenvalue weighted by Gasteiger charge is 2.21. The summed E-state index contributed by atoms with van der Waals surface area (Å²) in [6.07, 6.45) is 13.1. The molecule has 0 aromatic heterocycles. The van der Waals surface area contributed by atoms with Crippen molar-refractivity contribution in [3.8, 4) is 0 Å². The second-order valence-corrected chi connectivity index (χ2v) is 4.78. The highest BCUT2D eigenvalue weighted by atomic mass is 14.9. The van der Waals surface area contributed by atoms with Crippen molar-refractivity contribution < 1.29 is 0 Å². The van der Waals surface area contributed by atoms with Crippen LogP contribution in [0.1, 0.15) is 58.3 Å². The third kappa shape index (κ3) is 4.83. The average molecular weight is 209 g/mol. The van der Waals surface area contributed by atoms with Gasteiger partial charge < -0.3 is 5.32 Å². The first kappa shape index (κ1) is 12.8. The first-order valence-electron chi connectivity index (χ1n) is 6.72. The molecule has 1 aliphatic rings. The molecule has 0 aromatic carbocycles. The lowest BCUT2D eigenvalue weighted by atomic mass is 9.89. The summed E-state index contributed by atoms with van der Waals surface area (Å²) in [5.74, 6) is 0.924. The van der Waals surface area contributed by atoms with Gasteiger partial charge in [0.25, 0.3) is 0 Å². The average Bonchev–Trinajstić information content (AvgIpc) is 2.45. The normalized spacial score (nSPS) is 27.3. The fourth-order valence-electron chi connectivity index (χ4n) is 2.79. The molecule has 1 fully saturated rings. The van der Waals surface area contributed by atoms with Gasteiger partial charge in [-0.3, -0.25) is 0 Å². The van der Waals surface area contributed by atoms with Crippen LogP contribution in [0.3, 0.4) is 0 Å². The summed E-state index contributed by atoms with van der Waals surface area (Å²) in [6, 6.07) is 0.794. The number of allylic oxidation sites excluding steroid dienone is 1. The molecule has 1 N–H and O–H groups in total. The number of hydrogen-bond acceptors (Lipinski definition) is 1. The van der Waals surface area contributed by atoms with Crippen LogP contribution in [0.15, 0.2) is 12.7 Å². The minimum atomic E-state index is 0.794. The SMILES string of the molecule is C=CCCCC1CCCCCC1NCC. The Balaban J connectivity index is 2.35. The number of rotatable bonds is 6. The van der Waals surface area contributed by atoms with Gasteiger partial charge in [-0.1, -0.05) is 32.3 Å². The molecule has 0 aromatic rings. The third-order valence-electron chi connectivity index (χ3n) is 3.61. The molecule has 2 unspecified atom stereocenters. The summed E-state index contributed by atoms with van der Waals surface area (Å²) in [4.78, 5) is 0. The molecule has 1 aliphatic carbocycles. The molecular formula is C14H27N. The maximum Gasteiger partial charge on any atom is 0.00952 e. The number of nitrogens with one attached hydrogen (secondary N) is 1. The Labute approximate surface area is 95.3 Å². The summed E-state index contributed by atoms with van der Waals surface area (Å²) >= 11 is 0.